The van der Waals surface area contributed by atoms with Gasteiger partial charge in [0.05, 0.1) is 5.69 Å². The highest BCUT2D eigenvalue weighted by Gasteiger charge is 2.19. The van der Waals surface area contributed by atoms with Gasteiger partial charge in [-0.2, -0.15) is 0 Å². The van der Waals surface area contributed by atoms with Gasteiger partial charge in [-0.05, 0) is 24.1 Å². The van der Waals surface area contributed by atoms with Crippen LogP contribution in [0.5, 0.6) is 0 Å². The maximum absolute atomic E-state index is 13.1. The number of nitrogen functional groups attached to an aromatic ring is 1. The summed E-state index contributed by atoms with van der Waals surface area (Å²) in [6, 6.07) is 3.32. The van der Waals surface area contributed by atoms with Crippen LogP contribution in [-0.4, -0.2) is 15.0 Å². The molecule has 0 saturated heterocycles. The zero-order chi connectivity index (χ0) is 13.8. The Morgan fingerprint density at radius 1 is 1.33 bits per heavy atom. The summed E-state index contributed by atoms with van der Waals surface area (Å²) >= 11 is 0. The molecule has 1 rings (SSSR count). The van der Waals surface area contributed by atoms with Crippen LogP contribution in [0.15, 0.2) is 23.1 Å². The van der Waals surface area contributed by atoms with Crippen molar-refractivity contribution in [3.8, 4) is 0 Å². The molecule has 0 aliphatic carbocycles. The third kappa shape index (κ3) is 3.68. The first-order chi connectivity index (χ1) is 8.40. The molecule has 0 aliphatic rings. The lowest BCUT2D eigenvalue weighted by Crippen LogP contribution is -2.29. The molecule has 0 aromatic heterocycles. The zero-order valence-corrected chi connectivity index (χ0v) is 11.4. The number of anilines is 1. The normalized spacial score (nSPS) is 12.0. The van der Waals surface area contributed by atoms with Crippen molar-refractivity contribution in [3.63, 3.8) is 0 Å². The molecule has 6 heteroatoms. The van der Waals surface area contributed by atoms with Crippen LogP contribution in [0.1, 0.15) is 26.7 Å². The SMILES string of the molecule is CCC(CC)CNS(=O)(=O)c1cc(F)ccc1N. The first-order valence-corrected chi connectivity index (χ1v) is 7.43. The van der Waals surface area contributed by atoms with Crippen LogP contribution in [0.2, 0.25) is 0 Å². The molecular formula is C12H19FN2O2S. The number of hydrogen-bond donors (Lipinski definition) is 2. The lowest BCUT2D eigenvalue weighted by Gasteiger charge is -2.14. The van der Waals surface area contributed by atoms with E-state index in [1.54, 1.807) is 0 Å². The van der Waals surface area contributed by atoms with Crippen LogP contribution in [0.25, 0.3) is 0 Å². The zero-order valence-electron chi connectivity index (χ0n) is 10.6. The minimum Gasteiger partial charge on any atom is -0.398 e. The van der Waals surface area contributed by atoms with Crippen LogP contribution in [0.3, 0.4) is 0 Å². The van der Waals surface area contributed by atoms with E-state index in [4.69, 9.17) is 5.73 Å². The number of nitrogens with one attached hydrogen (secondary N) is 1. The third-order valence-electron chi connectivity index (χ3n) is 2.98. The number of hydrogen-bond acceptors (Lipinski definition) is 3. The summed E-state index contributed by atoms with van der Waals surface area (Å²) in [5, 5.41) is 0. The molecule has 0 radical (unpaired) electrons. The molecule has 102 valence electrons. The molecule has 0 amide bonds. The van der Waals surface area contributed by atoms with E-state index < -0.39 is 15.8 Å². The first kappa shape index (κ1) is 14.9. The van der Waals surface area contributed by atoms with Crippen molar-refractivity contribution in [1.82, 2.24) is 4.72 Å². The second-order valence-electron chi connectivity index (χ2n) is 4.22. The van der Waals surface area contributed by atoms with Crippen molar-refractivity contribution >= 4 is 15.7 Å². The molecule has 4 nitrogen and oxygen atoms in total. The second-order valence-corrected chi connectivity index (χ2v) is 5.95. The Bertz CT molecular complexity index is 499. The molecular weight excluding hydrogens is 255 g/mol. The average Bonchev–Trinajstić information content (AvgIpc) is 2.33. The van der Waals surface area contributed by atoms with Crippen LogP contribution >= 0.6 is 0 Å². The molecule has 0 bridgehead atoms. The van der Waals surface area contributed by atoms with Crippen LogP contribution in [0.4, 0.5) is 10.1 Å². The van der Waals surface area contributed by atoms with Gasteiger partial charge in [0.1, 0.15) is 10.7 Å². The molecule has 0 unspecified atom stereocenters. The average molecular weight is 274 g/mol. The molecule has 3 N–H and O–H groups in total. The van der Waals surface area contributed by atoms with E-state index in [0.717, 1.165) is 25.0 Å². The minimum atomic E-state index is -3.74. The number of halogens is 1. The third-order valence-corrected chi connectivity index (χ3v) is 4.46. The number of rotatable bonds is 6. The van der Waals surface area contributed by atoms with Gasteiger partial charge in [-0.1, -0.05) is 26.7 Å². The molecule has 0 saturated carbocycles. The first-order valence-electron chi connectivity index (χ1n) is 5.95. The summed E-state index contributed by atoms with van der Waals surface area (Å²) < 4.78 is 39.5. The molecule has 0 spiro atoms. The van der Waals surface area contributed by atoms with Crippen molar-refractivity contribution in [1.29, 1.82) is 0 Å². The van der Waals surface area contributed by atoms with Crippen molar-refractivity contribution in [2.75, 3.05) is 12.3 Å². The lowest BCUT2D eigenvalue weighted by atomic mass is 10.0. The Kier molecular flexibility index (Phi) is 5.10. The lowest BCUT2D eigenvalue weighted by molar-refractivity contribution is 0.479. The molecule has 0 fully saturated rings. The van der Waals surface area contributed by atoms with E-state index in [2.05, 4.69) is 4.72 Å². The summed E-state index contributed by atoms with van der Waals surface area (Å²) in [5.74, 6) is -0.346. The fourth-order valence-corrected chi connectivity index (χ4v) is 2.88. The highest BCUT2D eigenvalue weighted by Crippen LogP contribution is 2.19. The van der Waals surface area contributed by atoms with Crippen molar-refractivity contribution in [3.05, 3.63) is 24.0 Å². The van der Waals surface area contributed by atoms with E-state index in [0.29, 0.717) is 6.54 Å². The van der Waals surface area contributed by atoms with Crippen LogP contribution in [0, 0.1) is 11.7 Å². The van der Waals surface area contributed by atoms with E-state index in [9.17, 15) is 12.8 Å². The predicted octanol–water partition coefficient (Wildman–Crippen LogP) is 2.12. The largest absolute Gasteiger partial charge is 0.398 e. The maximum Gasteiger partial charge on any atom is 0.242 e. The van der Waals surface area contributed by atoms with E-state index >= 15 is 0 Å². The highest BCUT2D eigenvalue weighted by molar-refractivity contribution is 7.89. The Morgan fingerprint density at radius 2 is 1.94 bits per heavy atom. The monoisotopic (exact) mass is 274 g/mol. The number of nitrogens with two attached hydrogens (primary N) is 1. The molecule has 1 aromatic rings. The fourth-order valence-electron chi connectivity index (χ4n) is 1.62. The van der Waals surface area contributed by atoms with Crippen molar-refractivity contribution in [2.24, 2.45) is 5.92 Å². The van der Waals surface area contributed by atoms with Gasteiger partial charge in [-0.15, -0.1) is 0 Å². The maximum atomic E-state index is 13.1. The highest BCUT2D eigenvalue weighted by atomic mass is 32.2. The quantitative estimate of drug-likeness (QED) is 0.780. The summed E-state index contributed by atoms with van der Waals surface area (Å²) in [6.45, 7) is 4.34. The van der Waals surface area contributed by atoms with Gasteiger partial charge in [0.15, 0.2) is 0 Å². The van der Waals surface area contributed by atoms with Gasteiger partial charge in [-0.25, -0.2) is 17.5 Å². The number of benzene rings is 1. The van der Waals surface area contributed by atoms with E-state index in [-0.39, 0.29) is 16.5 Å². The Morgan fingerprint density at radius 3 is 2.50 bits per heavy atom. The van der Waals surface area contributed by atoms with Gasteiger partial charge in [0.2, 0.25) is 10.0 Å². The molecule has 18 heavy (non-hydrogen) atoms. The Labute approximate surface area is 107 Å². The second kappa shape index (κ2) is 6.15. The van der Waals surface area contributed by atoms with Gasteiger partial charge < -0.3 is 5.73 Å². The van der Waals surface area contributed by atoms with E-state index in [1.165, 1.54) is 6.07 Å². The minimum absolute atomic E-state index is 0.0495. The van der Waals surface area contributed by atoms with Crippen molar-refractivity contribution in [2.45, 2.75) is 31.6 Å². The van der Waals surface area contributed by atoms with Gasteiger partial charge in [0, 0.05) is 6.54 Å². The Hall–Kier alpha value is -1.14. The van der Waals surface area contributed by atoms with Crippen LogP contribution < -0.4 is 10.5 Å². The van der Waals surface area contributed by atoms with Gasteiger partial charge in [-0.3, -0.25) is 0 Å². The standard InChI is InChI=1S/C12H19FN2O2S/c1-3-9(4-2)8-15-18(16,17)12-7-10(13)5-6-11(12)14/h5-7,9,15H,3-4,8,14H2,1-2H3. The fraction of sp³-hybridized carbons (Fsp3) is 0.500. The summed E-state index contributed by atoms with van der Waals surface area (Å²) in [7, 11) is -3.74. The summed E-state index contributed by atoms with van der Waals surface area (Å²) in [5.41, 5.74) is 5.61. The predicted molar refractivity (Wildman–Crippen MR) is 70.1 cm³/mol. The van der Waals surface area contributed by atoms with Gasteiger partial charge >= 0.3 is 0 Å². The molecule has 0 aliphatic heterocycles. The van der Waals surface area contributed by atoms with Crippen LogP contribution in [-0.2, 0) is 10.0 Å². The van der Waals surface area contributed by atoms with E-state index in [1.807, 2.05) is 13.8 Å². The number of sulfonamides is 1. The molecule has 0 atom stereocenters. The smallest absolute Gasteiger partial charge is 0.242 e. The molecule has 0 heterocycles. The summed E-state index contributed by atoms with van der Waals surface area (Å²) in [4.78, 5) is -0.201. The van der Waals surface area contributed by atoms with Gasteiger partial charge in [0.25, 0.3) is 0 Å². The Balaban J connectivity index is 2.89. The molecule has 1 aromatic carbocycles. The summed E-state index contributed by atoms with van der Waals surface area (Å²) in [6.07, 6.45) is 1.77. The topological polar surface area (TPSA) is 72.2 Å². The van der Waals surface area contributed by atoms with Crippen molar-refractivity contribution < 1.29 is 12.8 Å².